The molecule has 2 N–H and O–H groups in total. The van der Waals surface area contributed by atoms with Gasteiger partial charge in [0.25, 0.3) is 0 Å². The van der Waals surface area contributed by atoms with Crippen molar-refractivity contribution in [2.75, 3.05) is 17.6 Å². The van der Waals surface area contributed by atoms with Crippen molar-refractivity contribution in [1.82, 2.24) is 5.32 Å². The number of aryl methyl sites for hydroxylation is 2. The molecule has 0 heterocycles. The van der Waals surface area contributed by atoms with Crippen LogP contribution >= 0.6 is 35.6 Å². The minimum atomic E-state index is -0.255. The second-order valence-electron chi connectivity index (χ2n) is 5.45. The molecule has 128 valence electrons. The van der Waals surface area contributed by atoms with E-state index in [-0.39, 0.29) is 5.82 Å². The fraction of sp³-hybridized carbons (Fsp3) is 0.278. The summed E-state index contributed by atoms with van der Waals surface area (Å²) in [4.78, 5) is 0. The van der Waals surface area contributed by atoms with Crippen LogP contribution in [0, 0.1) is 19.7 Å². The first-order chi connectivity index (χ1) is 11.5. The summed E-state index contributed by atoms with van der Waals surface area (Å²) in [6, 6.07) is 10.9. The van der Waals surface area contributed by atoms with Gasteiger partial charge in [-0.05, 0) is 49.8 Å². The first-order valence-electron chi connectivity index (χ1n) is 7.60. The second kappa shape index (κ2) is 9.25. The molecule has 0 saturated heterocycles. The smallest absolute Gasteiger partial charge is 0.170 e. The average molecular weight is 383 g/mol. The highest BCUT2D eigenvalue weighted by Crippen LogP contribution is 2.23. The molecule has 0 radical (unpaired) electrons. The van der Waals surface area contributed by atoms with Crippen LogP contribution in [0.1, 0.15) is 16.7 Å². The molecule has 2 nitrogen and oxygen atoms in total. The SMILES string of the molecule is Cc1ccc(NC(=S)NCCSCc2c(F)cccc2Cl)c(C)c1. The zero-order valence-electron chi connectivity index (χ0n) is 13.7. The van der Waals surface area contributed by atoms with Gasteiger partial charge in [0, 0.05) is 34.3 Å². The van der Waals surface area contributed by atoms with Gasteiger partial charge in [-0.1, -0.05) is 35.4 Å². The summed E-state index contributed by atoms with van der Waals surface area (Å²) in [5, 5.41) is 7.42. The van der Waals surface area contributed by atoms with Crippen molar-refractivity contribution in [3.63, 3.8) is 0 Å². The van der Waals surface area contributed by atoms with Crippen molar-refractivity contribution in [3.8, 4) is 0 Å². The Balaban J connectivity index is 1.71. The Hall–Kier alpha value is -1.30. The first kappa shape index (κ1) is 19.0. The van der Waals surface area contributed by atoms with E-state index in [1.54, 1.807) is 23.9 Å². The summed E-state index contributed by atoms with van der Waals surface area (Å²) in [5.74, 6) is 1.10. The highest BCUT2D eigenvalue weighted by Gasteiger charge is 2.06. The van der Waals surface area contributed by atoms with Crippen molar-refractivity contribution >= 4 is 46.4 Å². The summed E-state index contributed by atoms with van der Waals surface area (Å²) in [5.41, 5.74) is 3.94. The van der Waals surface area contributed by atoms with E-state index in [1.165, 1.54) is 11.6 Å². The molecular formula is C18H20ClFN2S2. The highest BCUT2D eigenvalue weighted by atomic mass is 35.5. The maximum absolute atomic E-state index is 13.7. The van der Waals surface area contributed by atoms with Crippen molar-refractivity contribution in [2.24, 2.45) is 0 Å². The van der Waals surface area contributed by atoms with Gasteiger partial charge < -0.3 is 10.6 Å². The normalized spacial score (nSPS) is 10.5. The van der Waals surface area contributed by atoms with Gasteiger partial charge in [0.1, 0.15) is 5.82 Å². The maximum Gasteiger partial charge on any atom is 0.170 e. The number of benzene rings is 2. The van der Waals surface area contributed by atoms with Crippen molar-refractivity contribution < 1.29 is 4.39 Å². The quantitative estimate of drug-likeness (QED) is 0.521. The van der Waals surface area contributed by atoms with E-state index >= 15 is 0 Å². The fourth-order valence-electron chi connectivity index (χ4n) is 2.20. The minimum absolute atomic E-state index is 0.255. The molecule has 2 rings (SSSR count). The molecule has 0 aliphatic heterocycles. The lowest BCUT2D eigenvalue weighted by Crippen LogP contribution is -2.30. The Morgan fingerprint density at radius 2 is 2.04 bits per heavy atom. The lowest BCUT2D eigenvalue weighted by atomic mass is 10.1. The Labute approximate surface area is 157 Å². The number of thioether (sulfide) groups is 1. The third kappa shape index (κ3) is 5.65. The molecule has 6 heteroatoms. The van der Waals surface area contributed by atoms with Gasteiger partial charge in [-0.2, -0.15) is 11.8 Å². The Morgan fingerprint density at radius 1 is 1.25 bits per heavy atom. The maximum atomic E-state index is 13.7. The van der Waals surface area contributed by atoms with Crippen LogP contribution in [0.2, 0.25) is 5.02 Å². The molecule has 24 heavy (non-hydrogen) atoms. The van der Waals surface area contributed by atoms with Crippen molar-refractivity contribution in [3.05, 3.63) is 63.9 Å². The minimum Gasteiger partial charge on any atom is -0.362 e. The Morgan fingerprint density at radius 3 is 2.75 bits per heavy atom. The number of thiocarbonyl (C=S) groups is 1. The number of hydrogen-bond acceptors (Lipinski definition) is 2. The van der Waals surface area contributed by atoms with Gasteiger partial charge in [-0.15, -0.1) is 0 Å². The lowest BCUT2D eigenvalue weighted by molar-refractivity contribution is 0.617. The van der Waals surface area contributed by atoms with Crippen LogP contribution in [0.4, 0.5) is 10.1 Å². The van der Waals surface area contributed by atoms with Crippen molar-refractivity contribution in [2.45, 2.75) is 19.6 Å². The number of nitrogens with one attached hydrogen (secondary N) is 2. The molecule has 0 saturated carbocycles. The summed E-state index contributed by atoms with van der Waals surface area (Å²) >= 11 is 12.9. The molecular weight excluding hydrogens is 363 g/mol. The zero-order valence-corrected chi connectivity index (χ0v) is 16.0. The molecule has 0 spiro atoms. The van der Waals surface area contributed by atoms with E-state index < -0.39 is 0 Å². The average Bonchev–Trinajstić information content (AvgIpc) is 2.52. The standard InChI is InChI=1S/C18H20ClFN2S2/c1-12-6-7-17(13(2)10-12)22-18(23)21-8-9-24-11-14-15(19)4-3-5-16(14)20/h3-7,10H,8-9,11H2,1-2H3,(H2,21,22,23). The number of rotatable bonds is 6. The molecule has 2 aromatic carbocycles. The molecule has 0 amide bonds. The lowest BCUT2D eigenvalue weighted by Gasteiger charge is -2.13. The summed E-state index contributed by atoms with van der Waals surface area (Å²) in [7, 11) is 0. The molecule has 0 aliphatic rings. The fourth-order valence-corrected chi connectivity index (χ4v) is 3.61. The van der Waals surface area contributed by atoms with Gasteiger partial charge in [0.05, 0.1) is 0 Å². The summed E-state index contributed by atoms with van der Waals surface area (Å²) < 4.78 is 13.7. The molecule has 2 aromatic rings. The van der Waals surface area contributed by atoms with Crippen LogP contribution in [0.25, 0.3) is 0 Å². The van der Waals surface area contributed by atoms with E-state index in [4.69, 9.17) is 23.8 Å². The van der Waals surface area contributed by atoms with Crippen LogP contribution in [0.5, 0.6) is 0 Å². The van der Waals surface area contributed by atoms with E-state index in [2.05, 4.69) is 23.6 Å². The van der Waals surface area contributed by atoms with E-state index in [1.807, 2.05) is 19.1 Å². The largest absolute Gasteiger partial charge is 0.362 e. The molecule has 0 unspecified atom stereocenters. The topological polar surface area (TPSA) is 24.1 Å². The van der Waals surface area contributed by atoms with Crippen LogP contribution in [-0.2, 0) is 5.75 Å². The van der Waals surface area contributed by atoms with E-state index in [9.17, 15) is 4.39 Å². The second-order valence-corrected chi connectivity index (χ2v) is 7.37. The van der Waals surface area contributed by atoms with Crippen LogP contribution in [0.15, 0.2) is 36.4 Å². The van der Waals surface area contributed by atoms with Crippen LogP contribution in [0.3, 0.4) is 0 Å². The number of halogens is 2. The van der Waals surface area contributed by atoms with Gasteiger partial charge in [-0.25, -0.2) is 4.39 Å². The summed E-state index contributed by atoms with van der Waals surface area (Å²) in [6.45, 7) is 4.81. The first-order valence-corrected chi connectivity index (χ1v) is 9.54. The monoisotopic (exact) mass is 382 g/mol. The summed E-state index contributed by atoms with van der Waals surface area (Å²) in [6.07, 6.45) is 0. The Kier molecular flexibility index (Phi) is 7.34. The predicted molar refractivity (Wildman–Crippen MR) is 108 cm³/mol. The van der Waals surface area contributed by atoms with Gasteiger partial charge in [0.15, 0.2) is 5.11 Å². The zero-order chi connectivity index (χ0) is 17.5. The van der Waals surface area contributed by atoms with Crippen LogP contribution < -0.4 is 10.6 Å². The predicted octanol–water partition coefficient (Wildman–Crippen LogP) is 5.32. The van der Waals surface area contributed by atoms with E-state index in [0.717, 1.165) is 17.0 Å². The number of anilines is 1. The third-order valence-corrected chi connectivity index (χ3v) is 5.06. The van der Waals surface area contributed by atoms with Gasteiger partial charge in [0.2, 0.25) is 0 Å². The molecule has 0 atom stereocenters. The van der Waals surface area contributed by atoms with Crippen molar-refractivity contribution in [1.29, 1.82) is 0 Å². The van der Waals surface area contributed by atoms with E-state index in [0.29, 0.717) is 28.0 Å². The molecule has 0 aliphatic carbocycles. The molecule has 0 bridgehead atoms. The Bertz CT molecular complexity index is 702. The number of hydrogen-bond donors (Lipinski definition) is 2. The third-order valence-electron chi connectivity index (χ3n) is 3.47. The van der Waals surface area contributed by atoms with Gasteiger partial charge in [-0.3, -0.25) is 0 Å². The van der Waals surface area contributed by atoms with Gasteiger partial charge >= 0.3 is 0 Å². The molecule has 0 aromatic heterocycles. The van der Waals surface area contributed by atoms with Crippen LogP contribution in [-0.4, -0.2) is 17.4 Å². The highest BCUT2D eigenvalue weighted by molar-refractivity contribution is 7.98. The molecule has 0 fully saturated rings.